The maximum atomic E-state index is 12.4. The van der Waals surface area contributed by atoms with E-state index in [1.165, 1.54) is 53.4 Å². The largest absolute Gasteiger partial charge is 0.366 e. The lowest BCUT2D eigenvalue weighted by Crippen LogP contribution is -2.37. The normalized spacial score (nSPS) is 10.9. The maximum Gasteiger partial charge on any atom is 0.253 e. The van der Waals surface area contributed by atoms with E-state index < -0.39 is 28.4 Å². The van der Waals surface area contributed by atoms with Gasteiger partial charge >= 0.3 is 0 Å². The number of hydrogen-bond acceptors (Lipinski definition) is 5. The quantitative estimate of drug-likeness (QED) is 0.690. The minimum absolute atomic E-state index is 0.223. The van der Waals surface area contributed by atoms with Crippen molar-refractivity contribution in [2.75, 3.05) is 36.5 Å². The van der Waals surface area contributed by atoms with E-state index in [2.05, 4.69) is 5.32 Å². The molecule has 154 valence electrons. The lowest BCUT2D eigenvalue weighted by Gasteiger charge is -2.22. The Labute approximate surface area is 169 Å². The van der Waals surface area contributed by atoms with Gasteiger partial charge in [-0.05, 0) is 48.5 Å². The van der Waals surface area contributed by atoms with E-state index in [9.17, 15) is 22.8 Å². The van der Waals surface area contributed by atoms with Crippen LogP contribution in [0.15, 0.2) is 48.5 Å². The molecule has 0 atom stereocenters. The molecule has 3 N–H and O–H groups in total. The number of nitrogens with one attached hydrogen (secondary N) is 1. The van der Waals surface area contributed by atoms with Crippen LogP contribution in [0.5, 0.6) is 0 Å². The second-order valence-corrected chi connectivity index (χ2v) is 8.41. The Morgan fingerprint density at radius 2 is 1.45 bits per heavy atom. The predicted molar refractivity (Wildman–Crippen MR) is 110 cm³/mol. The number of primary amides is 1. The SMILES string of the molecule is CN(C)C(=O)c1ccc(N(CC(=O)Nc2ccc(C(N)=O)cc2)S(C)(=O)=O)cc1. The van der Waals surface area contributed by atoms with Gasteiger partial charge in [0.2, 0.25) is 21.8 Å². The van der Waals surface area contributed by atoms with E-state index in [0.29, 0.717) is 11.3 Å². The summed E-state index contributed by atoms with van der Waals surface area (Å²) >= 11 is 0. The summed E-state index contributed by atoms with van der Waals surface area (Å²) in [5.41, 5.74) is 6.49. The van der Waals surface area contributed by atoms with Gasteiger partial charge in [0.15, 0.2) is 0 Å². The number of carbonyl (C=O) groups excluding carboxylic acids is 3. The number of sulfonamides is 1. The fraction of sp³-hybridized carbons (Fsp3) is 0.211. The third-order valence-corrected chi connectivity index (χ3v) is 5.09. The average molecular weight is 418 g/mol. The molecule has 0 aliphatic carbocycles. The number of nitrogens with zero attached hydrogens (tertiary/aromatic N) is 2. The second-order valence-electron chi connectivity index (χ2n) is 6.51. The van der Waals surface area contributed by atoms with Crippen molar-refractivity contribution in [2.45, 2.75) is 0 Å². The summed E-state index contributed by atoms with van der Waals surface area (Å²) in [4.78, 5) is 36.8. The van der Waals surface area contributed by atoms with Crippen LogP contribution in [0, 0.1) is 0 Å². The molecule has 0 saturated heterocycles. The van der Waals surface area contributed by atoms with Crippen molar-refractivity contribution >= 4 is 39.1 Å². The third kappa shape index (κ3) is 5.79. The number of carbonyl (C=O) groups is 3. The molecule has 0 aliphatic heterocycles. The summed E-state index contributed by atoms with van der Waals surface area (Å²) in [5, 5.41) is 2.57. The highest BCUT2D eigenvalue weighted by molar-refractivity contribution is 7.92. The lowest BCUT2D eigenvalue weighted by molar-refractivity contribution is -0.114. The van der Waals surface area contributed by atoms with Crippen molar-refractivity contribution in [1.82, 2.24) is 4.90 Å². The first-order valence-corrected chi connectivity index (χ1v) is 10.3. The van der Waals surface area contributed by atoms with Crippen LogP contribution in [0.1, 0.15) is 20.7 Å². The van der Waals surface area contributed by atoms with Crippen molar-refractivity contribution in [3.8, 4) is 0 Å². The molecule has 3 amide bonds. The monoisotopic (exact) mass is 418 g/mol. The molecule has 2 aromatic rings. The molecule has 0 aliphatic rings. The molecule has 10 heteroatoms. The zero-order valence-corrected chi connectivity index (χ0v) is 17.1. The van der Waals surface area contributed by atoms with Crippen LogP contribution in [0.4, 0.5) is 11.4 Å². The first-order chi connectivity index (χ1) is 13.5. The molecule has 9 nitrogen and oxygen atoms in total. The van der Waals surface area contributed by atoms with Gasteiger partial charge in [0, 0.05) is 30.9 Å². The molecule has 0 aromatic heterocycles. The number of hydrogen-bond donors (Lipinski definition) is 2. The highest BCUT2D eigenvalue weighted by Gasteiger charge is 2.21. The van der Waals surface area contributed by atoms with Crippen LogP contribution in [0.2, 0.25) is 0 Å². The van der Waals surface area contributed by atoms with Crippen molar-refractivity contribution in [1.29, 1.82) is 0 Å². The molecule has 0 spiro atoms. The third-order valence-electron chi connectivity index (χ3n) is 3.95. The second kappa shape index (κ2) is 8.74. The number of anilines is 2. The number of nitrogens with two attached hydrogens (primary N) is 1. The van der Waals surface area contributed by atoms with E-state index in [-0.39, 0.29) is 17.2 Å². The summed E-state index contributed by atoms with van der Waals surface area (Å²) in [6.07, 6.45) is 0.987. The fourth-order valence-corrected chi connectivity index (χ4v) is 3.33. The van der Waals surface area contributed by atoms with E-state index in [1.807, 2.05) is 0 Å². The van der Waals surface area contributed by atoms with Crippen LogP contribution >= 0.6 is 0 Å². The highest BCUT2D eigenvalue weighted by atomic mass is 32.2. The predicted octanol–water partition coefficient (Wildman–Crippen LogP) is 0.892. The fourth-order valence-electron chi connectivity index (χ4n) is 2.48. The molecular weight excluding hydrogens is 396 g/mol. The Morgan fingerprint density at radius 1 is 0.931 bits per heavy atom. The molecule has 0 saturated carbocycles. The Morgan fingerprint density at radius 3 is 1.90 bits per heavy atom. The minimum Gasteiger partial charge on any atom is -0.366 e. The number of rotatable bonds is 7. The highest BCUT2D eigenvalue weighted by Crippen LogP contribution is 2.19. The number of benzene rings is 2. The van der Waals surface area contributed by atoms with Gasteiger partial charge in [-0.1, -0.05) is 0 Å². The smallest absolute Gasteiger partial charge is 0.253 e. The Bertz CT molecular complexity index is 1020. The van der Waals surface area contributed by atoms with Crippen molar-refractivity contribution in [2.24, 2.45) is 5.73 Å². The van der Waals surface area contributed by atoms with E-state index in [4.69, 9.17) is 5.73 Å². The van der Waals surface area contributed by atoms with E-state index >= 15 is 0 Å². The molecule has 0 unspecified atom stereocenters. The molecule has 0 bridgehead atoms. The summed E-state index contributed by atoms with van der Waals surface area (Å²) in [6, 6.07) is 11.8. The average Bonchev–Trinajstić information content (AvgIpc) is 2.65. The summed E-state index contributed by atoms with van der Waals surface area (Å²) < 4.78 is 25.3. The molecule has 0 heterocycles. The molecule has 0 radical (unpaired) electrons. The van der Waals surface area contributed by atoms with Crippen molar-refractivity contribution in [3.63, 3.8) is 0 Å². The maximum absolute atomic E-state index is 12.4. The van der Waals surface area contributed by atoms with Crippen molar-refractivity contribution < 1.29 is 22.8 Å². The Balaban J connectivity index is 2.17. The van der Waals surface area contributed by atoms with E-state index in [1.54, 1.807) is 14.1 Å². The van der Waals surface area contributed by atoms with Crippen LogP contribution in [0.3, 0.4) is 0 Å². The zero-order chi connectivity index (χ0) is 21.8. The van der Waals surface area contributed by atoms with Crippen LogP contribution in [-0.4, -0.2) is 57.9 Å². The Hall–Kier alpha value is -3.40. The summed E-state index contributed by atoms with van der Waals surface area (Å²) in [6.45, 7) is -0.461. The van der Waals surface area contributed by atoms with Gasteiger partial charge in [0.25, 0.3) is 5.91 Å². The van der Waals surface area contributed by atoms with Gasteiger partial charge in [-0.15, -0.1) is 0 Å². The molecular formula is C19H22N4O5S. The van der Waals surface area contributed by atoms with E-state index in [0.717, 1.165) is 10.6 Å². The minimum atomic E-state index is -3.76. The topological polar surface area (TPSA) is 130 Å². The van der Waals surface area contributed by atoms with Crippen molar-refractivity contribution in [3.05, 3.63) is 59.7 Å². The first kappa shape index (κ1) is 21.9. The Kier molecular flexibility index (Phi) is 6.60. The number of amides is 3. The lowest BCUT2D eigenvalue weighted by atomic mass is 10.2. The molecule has 2 rings (SSSR count). The first-order valence-electron chi connectivity index (χ1n) is 8.48. The van der Waals surface area contributed by atoms with Crippen LogP contribution in [-0.2, 0) is 14.8 Å². The zero-order valence-electron chi connectivity index (χ0n) is 16.2. The van der Waals surface area contributed by atoms with Gasteiger partial charge < -0.3 is 16.0 Å². The summed E-state index contributed by atoms with van der Waals surface area (Å²) in [5.74, 6) is -1.39. The van der Waals surface area contributed by atoms with Gasteiger partial charge in [-0.25, -0.2) is 8.42 Å². The van der Waals surface area contributed by atoms with Gasteiger partial charge in [-0.2, -0.15) is 0 Å². The molecule has 0 fully saturated rings. The van der Waals surface area contributed by atoms with Gasteiger partial charge in [-0.3, -0.25) is 18.7 Å². The molecule has 2 aromatic carbocycles. The summed E-state index contributed by atoms with van der Waals surface area (Å²) in [7, 11) is -0.536. The van der Waals surface area contributed by atoms with Gasteiger partial charge in [0.1, 0.15) is 6.54 Å². The standard InChI is InChI=1S/C19H22N4O5S/c1-22(2)19(26)14-6-10-16(11-7-14)23(29(3,27)28)12-17(24)21-15-8-4-13(5-9-15)18(20)25/h4-11H,12H2,1-3H3,(H2,20,25)(H,21,24). The van der Waals surface area contributed by atoms with Crippen LogP contribution in [0.25, 0.3) is 0 Å². The van der Waals surface area contributed by atoms with Gasteiger partial charge in [0.05, 0.1) is 11.9 Å². The molecule has 29 heavy (non-hydrogen) atoms. The van der Waals surface area contributed by atoms with Crippen LogP contribution < -0.4 is 15.4 Å².